The fourth-order valence-electron chi connectivity index (χ4n) is 0. The van der Waals surface area contributed by atoms with Gasteiger partial charge in [-0.05, 0) is 19.9 Å². The number of aliphatic carboxylic acids is 1. The molecule has 0 aliphatic rings. The van der Waals surface area contributed by atoms with Crippen molar-refractivity contribution in [3.05, 3.63) is 0 Å². The predicted molar refractivity (Wildman–Crippen MR) is 30.0 cm³/mol. The van der Waals surface area contributed by atoms with Crippen LogP contribution in [0.15, 0.2) is 0 Å². The number of carbonyl (C=O) groups excluding carboxylic acids is 1. The van der Waals surface area contributed by atoms with Gasteiger partial charge in [-0.1, -0.05) is 6.92 Å². The summed E-state index contributed by atoms with van der Waals surface area (Å²) in [7, 11) is 0. The molecule has 0 amide bonds. The first-order chi connectivity index (χ1) is 3.65. The van der Waals surface area contributed by atoms with Crippen molar-refractivity contribution in [2.75, 3.05) is 6.54 Å². The molecule has 0 rings (SSSR count). The van der Waals surface area contributed by atoms with Crippen molar-refractivity contribution in [2.45, 2.75) is 20.3 Å². The van der Waals surface area contributed by atoms with Crippen molar-refractivity contribution in [1.29, 1.82) is 0 Å². The van der Waals surface area contributed by atoms with Crippen LogP contribution in [0.3, 0.4) is 0 Å². The molecule has 0 fully saturated rings. The fourth-order valence-corrected chi connectivity index (χ4v) is 0. The van der Waals surface area contributed by atoms with E-state index in [1.165, 1.54) is 0 Å². The number of carbonyl (C=O) groups is 1. The van der Waals surface area contributed by atoms with Gasteiger partial charge in [-0.15, -0.1) is 0 Å². The third kappa shape index (κ3) is 576. The van der Waals surface area contributed by atoms with Gasteiger partial charge in [-0.25, -0.2) is 0 Å². The van der Waals surface area contributed by atoms with Gasteiger partial charge >= 0.3 is 0 Å². The van der Waals surface area contributed by atoms with Crippen LogP contribution in [0.1, 0.15) is 20.3 Å². The molecule has 0 aromatic heterocycles. The molecule has 0 aliphatic heterocycles. The number of rotatable bonds is 1. The molecule has 50 valence electrons. The predicted octanol–water partition coefficient (Wildman–Crippen LogP) is -0.889. The van der Waals surface area contributed by atoms with E-state index < -0.39 is 5.97 Å². The maximum Gasteiger partial charge on any atom is 0.0383 e. The summed E-state index contributed by atoms with van der Waals surface area (Å²) in [4.78, 5) is 8.89. The SMILES string of the molecule is CC(=O)[O-].CCCN. The van der Waals surface area contributed by atoms with Crippen molar-refractivity contribution >= 4 is 5.97 Å². The molecule has 0 unspecified atom stereocenters. The summed E-state index contributed by atoms with van der Waals surface area (Å²) < 4.78 is 0. The van der Waals surface area contributed by atoms with Crippen LogP contribution in [-0.4, -0.2) is 12.5 Å². The molecular formula is C5H12NO2-. The Kier molecular flexibility index (Phi) is 12.6. The Labute approximate surface area is 49.5 Å². The van der Waals surface area contributed by atoms with E-state index in [4.69, 9.17) is 15.6 Å². The zero-order chi connectivity index (χ0) is 6.99. The summed E-state index contributed by atoms with van der Waals surface area (Å²) in [6.07, 6.45) is 1.10. The Morgan fingerprint density at radius 1 is 1.75 bits per heavy atom. The van der Waals surface area contributed by atoms with E-state index in [9.17, 15) is 0 Å². The molecule has 0 aliphatic carbocycles. The van der Waals surface area contributed by atoms with Crippen molar-refractivity contribution in [2.24, 2.45) is 5.73 Å². The smallest absolute Gasteiger partial charge is 0.0383 e. The Bertz CT molecular complexity index is 48.4. The quantitative estimate of drug-likeness (QED) is 0.485. The van der Waals surface area contributed by atoms with Gasteiger partial charge in [-0.2, -0.15) is 0 Å². The second-order valence-corrected chi connectivity index (χ2v) is 1.28. The third-order valence-corrected chi connectivity index (χ3v) is 0.289. The molecule has 0 aromatic carbocycles. The lowest BCUT2D eigenvalue weighted by molar-refractivity contribution is -0.302. The molecule has 3 heteroatoms. The van der Waals surface area contributed by atoms with E-state index in [-0.39, 0.29) is 0 Å². The molecule has 0 atom stereocenters. The van der Waals surface area contributed by atoms with Crippen LogP contribution in [0, 0.1) is 0 Å². The molecule has 0 aromatic rings. The average Bonchev–Trinajstić information content (AvgIpc) is 1.65. The second-order valence-electron chi connectivity index (χ2n) is 1.28. The highest BCUT2D eigenvalue weighted by atomic mass is 16.4. The Morgan fingerprint density at radius 2 is 1.88 bits per heavy atom. The Hall–Kier alpha value is -0.570. The van der Waals surface area contributed by atoms with Gasteiger partial charge in [0, 0.05) is 5.97 Å². The zero-order valence-corrected chi connectivity index (χ0v) is 5.31. The van der Waals surface area contributed by atoms with Crippen LogP contribution < -0.4 is 10.8 Å². The molecular weight excluding hydrogens is 106 g/mol. The monoisotopic (exact) mass is 118 g/mol. The maximum absolute atomic E-state index is 8.89. The van der Waals surface area contributed by atoms with Gasteiger partial charge in [0.05, 0.1) is 0 Å². The lowest BCUT2D eigenvalue weighted by Crippen LogP contribution is -2.16. The largest absolute Gasteiger partial charge is 0.550 e. The molecule has 0 saturated heterocycles. The van der Waals surface area contributed by atoms with Crippen molar-refractivity contribution in [3.63, 3.8) is 0 Å². The van der Waals surface area contributed by atoms with E-state index in [1.807, 2.05) is 0 Å². The minimum absolute atomic E-state index is 0.819. The van der Waals surface area contributed by atoms with Gasteiger partial charge < -0.3 is 15.6 Å². The summed E-state index contributed by atoms with van der Waals surface area (Å²) in [5.41, 5.74) is 5.03. The highest BCUT2D eigenvalue weighted by molar-refractivity contribution is 5.60. The molecule has 0 spiro atoms. The summed E-state index contributed by atoms with van der Waals surface area (Å²) in [5.74, 6) is -1.08. The van der Waals surface area contributed by atoms with Gasteiger partial charge in [0.1, 0.15) is 0 Å². The number of carboxylic acid groups (broad SMARTS) is 1. The molecule has 0 radical (unpaired) electrons. The second kappa shape index (κ2) is 9.66. The standard InChI is InChI=1S/C3H9N.C2H4O2/c1-2-3-4;1-2(3)4/h2-4H2,1H3;1H3,(H,3,4)/p-1. The van der Waals surface area contributed by atoms with Crippen LogP contribution in [0.2, 0.25) is 0 Å². The van der Waals surface area contributed by atoms with E-state index >= 15 is 0 Å². The third-order valence-electron chi connectivity index (χ3n) is 0.289. The topological polar surface area (TPSA) is 66.1 Å². The van der Waals surface area contributed by atoms with Crippen molar-refractivity contribution in [1.82, 2.24) is 0 Å². The summed E-state index contributed by atoms with van der Waals surface area (Å²) in [6.45, 7) is 3.85. The number of carboxylic acids is 1. The summed E-state index contributed by atoms with van der Waals surface area (Å²) in [6, 6.07) is 0. The highest BCUT2D eigenvalue weighted by Gasteiger charge is 1.55. The lowest BCUT2D eigenvalue weighted by atomic mass is 10.5. The lowest BCUT2D eigenvalue weighted by Gasteiger charge is -1.77. The van der Waals surface area contributed by atoms with E-state index in [0.717, 1.165) is 19.9 Å². The molecule has 0 saturated carbocycles. The van der Waals surface area contributed by atoms with Gasteiger partial charge in [0.2, 0.25) is 0 Å². The summed E-state index contributed by atoms with van der Waals surface area (Å²) in [5, 5.41) is 8.89. The maximum atomic E-state index is 8.89. The zero-order valence-electron chi connectivity index (χ0n) is 5.31. The van der Waals surface area contributed by atoms with Crippen LogP contribution in [0.4, 0.5) is 0 Å². The minimum Gasteiger partial charge on any atom is -0.550 e. The number of nitrogens with two attached hydrogens (primary N) is 1. The first kappa shape index (κ1) is 10.4. The van der Waals surface area contributed by atoms with E-state index in [0.29, 0.717) is 0 Å². The Morgan fingerprint density at radius 3 is 1.88 bits per heavy atom. The Balaban J connectivity index is 0. The van der Waals surface area contributed by atoms with Gasteiger partial charge in [-0.3, -0.25) is 0 Å². The summed E-state index contributed by atoms with van der Waals surface area (Å²) >= 11 is 0. The molecule has 3 nitrogen and oxygen atoms in total. The first-order valence-corrected chi connectivity index (χ1v) is 2.52. The molecule has 8 heavy (non-hydrogen) atoms. The van der Waals surface area contributed by atoms with Crippen LogP contribution >= 0.6 is 0 Å². The van der Waals surface area contributed by atoms with Gasteiger partial charge in [0.15, 0.2) is 0 Å². The van der Waals surface area contributed by atoms with Crippen LogP contribution in [0.5, 0.6) is 0 Å². The first-order valence-electron chi connectivity index (χ1n) is 2.52. The normalized spacial score (nSPS) is 6.88. The molecule has 2 N–H and O–H groups in total. The minimum atomic E-state index is -1.08. The average molecular weight is 118 g/mol. The van der Waals surface area contributed by atoms with E-state index in [2.05, 4.69) is 6.92 Å². The van der Waals surface area contributed by atoms with E-state index in [1.54, 1.807) is 0 Å². The van der Waals surface area contributed by atoms with Crippen molar-refractivity contribution < 1.29 is 9.90 Å². The fraction of sp³-hybridized carbons (Fsp3) is 0.800. The number of hydrogen-bond acceptors (Lipinski definition) is 3. The van der Waals surface area contributed by atoms with Gasteiger partial charge in [0.25, 0.3) is 0 Å². The number of hydrogen-bond donors (Lipinski definition) is 1. The van der Waals surface area contributed by atoms with Crippen molar-refractivity contribution in [3.8, 4) is 0 Å². The highest BCUT2D eigenvalue weighted by Crippen LogP contribution is 1.57. The van der Waals surface area contributed by atoms with Crippen LogP contribution in [0.25, 0.3) is 0 Å². The molecule has 0 heterocycles. The van der Waals surface area contributed by atoms with Crippen LogP contribution in [-0.2, 0) is 4.79 Å². The molecule has 0 bridgehead atoms.